The number of halogens is 2. The molecule has 0 spiro atoms. The summed E-state index contributed by atoms with van der Waals surface area (Å²) in [7, 11) is 0. The van der Waals surface area contributed by atoms with Crippen LogP contribution in [0.1, 0.15) is 32.6 Å². The highest BCUT2D eigenvalue weighted by Gasteiger charge is 2.27. The van der Waals surface area contributed by atoms with Crippen LogP contribution in [0.2, 0.25) is 0 Å². The largest absolute Gasteiger partial charge is 0.337 e. The normalized spacial score (nSPS) is 14.0. The Morgan fingerprint density at radius 3 is 2.83 bits per heavy atom. The molecule has 7 heteroatoms. The van der Waals surface area contributed by atoms with Crippen LogP contribution in [0, 0.1) is 0 Å². The molecule has 0 saturated carbocycles. The van der Waals surface area contributed by atoms with Crippen molar-refractivity contribution in [3.63, 3.8) is 0 Å². The predicted molar refractivity (Wildman–Crippen MR) is 79.0 cm³/mol. The van der Waals surface area contributed by atoms with Gasteiger partial charge in [-0.3, -0.25) is 0 Å². The third-order valence-electron chi connectivity index (χ3n) is 2.47. The van der Waals surface area contributed by atoms with Gasteiger partial charge in [-0.1, -0.05) is 18.5 Å². The first-order valence-corrected chi connectivity index (χ1v) is 7.07. The quantitative estimate of drug-likeness (QED) is 0.904. The van der Waals surface area contributed by atoms with Crippen LogP contribution in [-0.2, 0) is 5.54 Å². The van der Waals surface area contributed by atoms with E-state index in [0.717, 1.165) is 22.2 Å². The SMILES string of the molecule is CCCC(C)(N)c1nc(-c2cc(Br)cs2)no1.Cl. The molecule has 0 saturated heterocycles. The summed E-state index contributed by atoms with van der Waals surface area (Å²) in [6.07, 6.45) is 1.80. The van der Waals surface area contributed by atoms with E-state index in [4.69, 9.17) is 10.3 Å². The summed E-state index contributed by atoms with van der Waals surface area (Å²) in [5.74, 6) is 1.10. The molecule has 0 fully saturated rings. The molecule has 1 unspecified atom stereocenters. The van der Waals surface area contributed by atoms with Gasteiger partial charge in [-0.25, -0.2) is 0 Å². The van der Waals surface area contributed by atoms with Gasteiger partial charge in [0.15, 0.2) is 0 Å². The Morgan fingerprint density at radius 1 is 1.56 bits per heavy atom. The molecule has 2 aromatic rings. The minimum absolute atomic E-state index is 0. The minimum Gasteiger partial charge on any atom is -0.337 e. The fraction of sp³-hybridized carbons (Fsp3) is 0.455. The molecule has 0 bridgehead atoms. The smallest absolute Gasteiger partial charge is 0.246 e. The second kappa shape index (κ2) is 6.14. The summed E-state index contributed by atoms with van der Waals surface area (Å²) in [6.45, 7) is 4.00. The molecule has 2 heterocycles. The van der Waals surface area contributed by atoms with Gasteiger partial charge in [0.05, 0.1) is 10.4 Å². The third-order valence-corrected chi connectivity index (χ3v) is 4.16. The lowest BCUT2D eigenvalue weighted by Crippen LogP contribution is -2.33. The predicted octanol–water partition coefficient (Wildman–Crippen LogP) is 3.96. The number of hydrogen-bond acceptors (Lipinski definition) is 5. The van der Waals surface area contributed by atoms with Crippen LogP contribution < -0.4 is 5.73 Å². The van der Waals surface area contributed by atoms with E-state index in [1.807, 2.05) is 18.4 Å². The van der Waals surface area contributed by atoms with Crippen molar-refractivity contribution in [3.05, 3.63) is 21.8 Å². The summed E-state index contributed by atoms with van der Waals surface area (Å²) in [4.78, 5) is 5.34. The Labute approximate surface area is 124 Å². The van der Waals surface area contributed by atoms with Gasteiger partial charge in [0.1, 0.15) is 0 Å². The summed E-state index contributed by atoms with van der Waals surface area (Å²) >= 11 is 4.97. The number of thiophene rings is 1. The lowest BCUT2D eigenvalue weighted by Gasteiger charge is -2.18. The fourth-order valence-corrected chi connectivity index (χ4v) is 2.96. The van der Waals surface area contributed by atoms with E-state index in [2.05, 4.69) is 33.0 Å². The highest BCUT2D eigenvalue weighted by Crippen LogP contribution is 2.29. The number of rotatable bonds is 4. The Balaban J connectivity index is 0.00000162. The van der Waals surface area contributed by atoms with E-state index in [1.165, 1.54) is 0 Å². The molecular weight excluding hydrogens is 338 g/mol. The van der Waals surface area contributed by atoms with Gasteiger partial charge in [-0.2, -0.15) is 4.98 Å². The van der Waals surface area contributed by atoms with Crippen LogP contribution in [0.3, 0.4) is 0 Å². The van der Waals surface area contributed by atoms with E-state index < -0.39 is 5.54 Å². The summed E-state index contributed by atoms with van der Waals surface area (Å²) in [5, 5.41) is 5.96. The third kappa shape index (κ3) is 3.32. The average molecular weight is 353 g/mol. The highest BCUT2D eigenvalue weighted by molar-refractivity contribution is 9.10. The van der Waals surface area contributed by atoms with Crippen LogP contribution in [0.25, 0.3) is 10.7 Å². The van der Waals surface area contributed by atoms with Gasteiger partial charge in [0.25, 0.3) is 0 Å². The summed E-state index contributed by atoms with van der Waals surface area (Å²) in [6, 6.07) is 1.97. The van der Waals surface area contributed by atoms with E-state index >= 15 is 0 Å². The molecule has 2 rings (SSSR count). The van der Waals surface area contributed by atoms with Crippen molar-refractivity contribution in [3.8, 4) is 10.7 Å². The molecule has 0 aromatic carbocycles. The van der Waals surface area contributed by atoms with Crippen molar-refractivity contribution in [1.82, 2.24) is 10.1 Å². The molecule has 4 nitrogen and oxygen atoms in total. The minimum atomic E-state index is -0.547. The Morgan fingerprint density at radius 2 is 2.28 bits per heavy atom. The molecule has 18 heavy (non-hydrogen) atoms. The van der Waals surface area contributed by atoms with E-state index in [-0.39, 0.29) is 12.4 Å². The van der Waals surface area contributed by atoms with Crippen LogP contribution in [-0.4, -0.2) is 10.1 Å². The molecular formula is C11H15BrClN3OS. The molecule has 0 amide bonds. The molecule has 0 aliphatic carbocycles. The van der Waals surface area contributed by atoms with Gasteiger partial charge >= 0.3 is 0 Å². The maximum absolute atomic E-state index is 6.14. The first kappa shape index (κ1) is 15.6. The molecule has 0 aliphatic heterocycles. The van der Waals surface area contributed by atoms with Crippen molar-refractivity contribution >= 4 is 39.7 Å². The molecule has 1 atom stereocenters. The number of hydrogen-bond donors (Lipinski definition) is 1. The molecule has 0 radical (unpaired) electrons. The van der Waals surface area contributed by atoms with Gasteiger partial charge in [0, 0.05) is 9.85 Å². The number of aromatic nitrogens is 2. The van der Waals surface area contributed by atoms with Crippen molar-refractivity contribution in [2.24, 2.45) is 5.73 Å². The van der Waals surface area contributed by atoms with Crippen LogP contribution >= 0.6 is 39.7 Å². The Bertz CT molecular complexity index is 512. The van der Waals surface area contributed by atoms with Crippen molar-refractivity contribution in [2.75, 3.05) is 0 Å². The van der Waals surface area contributed by atoms with E-state index in [9.17, 15) is 0 Å². The van der Waals surface area contributed by atoms with Crippen molar-refractivity contribution in [2.45, 2.75) is 32.2 Å². The van der Waals surface area contributed by atoms with E-state index in [0.29, 0.717) is 11.7 Å². The topological polar surface area (TPSA) is 64.9 Å². The monoisotopic (exact) mass is 351 g/mol. The lowest BCUT2D eigenvalue weighted by molar-refractivity contribution is 0.284. The summed E-state index contributed by atoms with van der Waals surface area (Å²) in [5.41, 5.74) is 5.60. The fourth-order valence-electron chi connectivity index (χ4n) is 1.61. The molecule has 2 aromatic heterocycles. The maximum atomic E-state index is 6.14. The number of nitrogens with zero attached hydrogens (tertiary/aromatic N) is 2. The van der Waals surface area contributed by atoms with Crippen molar-refractivity contribution in [1.29, 1.82) is 0 Å². The van der Waals surface area contributed by atoms with Crippen LogP contribution in [0.5, 0.6) is 0 Å². The molecule has 100 valence electrons. The molecule has 2 N–H and O–H groups in total. The standard InChI is InChI=1S/C11H14BrN3OS.ClH/c1-3-4-11(2,13)10-14-9(15-16-10)8-5-7(12)6-17-8;/h5-6H,3-4,13H2,1-2H3;1H. The van der Waals surface area contributed by atoms with Gasteiger partial charge in [-0.05, 0) is 35.3 Å². The van der Waals surface area contributed by atoms with Gasteiger partial charge < -0.3 is 10.3 Å². The summed E-state index contributed by atoms with van der Waals surface area (Å²) < 4.78 is 6.27. The first-order valence-electron chi connectivity index (χ1n) is 5.40. The zero-order valence-corrected chi connectivity index (χ0v) is 13.4. The second-order valence-electron chi connectivity index (χ2n) is 4.22. The zero-order chi connectivity index (χ0) is 12.5. The first-order chi connectivity index (χ1) is 8.03. The Hall–Kier alpha value is -0.430. The lowest BCUT2D eigenvalue weighted by atomic mass is 9.98. The van der Waals surface area contributed by atoms with Gasteiger partial charge in [-0.15, -0.1) is 23.7 Å². The van der Waals surface area contributed by atoms with E-state index in [1.54, 1.807) is 11.3 Å². The highest BCUT2D eigenvalue weighted by atomic mass is 79.9. The molecule has 0 aliphatic rings. The van der Waals surface area contributed by atoms with Crippen LogP contribution in [0.15, 0.2) is 20.4 Å². The maximum Gasteiger partial charge on any atom is 0.246 e. The zero-order valence-electron chi connectivity index (χ0n) is 10.1. The second-order valence-corrected chi connectivity index (χ2v) is 6.05. The van der Waals surface area contributed by atoms with Crippen molar-refractivity contribution < 1.29 is 4.52 Å². The average Bonchev–Trinajstić information content (AvgIpc) is 2.85. The number of nitrogens with two attached hydrogens (primary N) is 1. The van der Waals surface area contributed by atoms with Crippen LogP contribution in [0.4, 0.5) is 0 Å². The van der Waals surface area contributed by atoms with Gasteiger partial charge in [0.2, 0.25) is 11.7 Å². The Kier molecular flexibility index (Phi) is 5.33.